The monoisotopic (exact) mass is 252 g/mol. The van der Waals surface area contributed by atoms with E-state index in [4.69, 9.17) is 4.52 Å². The standard InChI is InChI=1S/C13H24N4O/c1-3-5-13-15-12(16-18-13)10-17(4-2)11-6-8-14-9-7-11/h11,14H,3-10H2,1-2H3. The lowest BCUT2D eigenvalue weighted by Gasteiger charge is -2.32. The van der Waals surface area contributed by atoms with Crippen molar-refractivity contribution in [2.45, 2.75) is 52.1 Å². The van der Waals surface area contributed by atoms with Crippen molar-refractivity contribution >= 4 is 0 Å². The zero-order chi connectivity index (χ0) is 12.8. The van der Waals surface area contributed by atoms with E-state index in [1.807, 2.05) is 0 Å². The molecule has 1 aromatic heterocycles. The van der Waals surface area contributed by atoms with E-state index < -0.39 is 0 Å². The largest absolute Gasteiger partial charge is 0.339 e. The van der Waals surface area contributed by atoms with E-state index in [2.05, 4.69) is 34.2 Å². The summed E-state index contributed by atoms with van der Waals surface area (Å²) in [5.74, 6) is 1.60. The lowest BCUT2D eigenvalue weighted by molar-refractivity contribution is 0.157. The summed E-state index contributed by atoms with van der Waals surface area (Å²) in [6.07, 6.45) is 4.36. The molecule has 18 heavy (non-hydrogen) atoms. The van der Waals surface area contributed by atoms with E-state index >= 15 is 0 Å². The van der Waals surface area contributed by atoms with Gasteiger partial charge < -0.3 is 9.84 Å². The van der Waals surface area contributed by atoms with Gasteiger partial charge in [0.05, 0.1) is 6.54 Å². The van der Waals surface area contributed by atoms with Crippen LogP contribution >= 0.6 is 0 Å². The van der Waals surface area contributed by atoms with E-state index in [1.165, 1.54) is 12.8 Å². The molecule has 1 saturated heterocycles. The number of piperidine rings is 1. The Labute approximate surface area is 109 Å². The minimum Gasteiger partial charge on any atom is -0.339 e. The van der Waals surface area contributed by atoms with Crippen molar-refractivity contribution in [3.8, 4) is 0 Å². The maximum absolute atomic E-state index is 5.24. The number of rotatable bonds is 6. The summed E-state index contributed by atoms with van der Waals surface area (Å²) in [5.41, 5.74) is 0. The van der Waals surface area contributed by atoms with Crippen molar-refractivity contribution in [2.24, 2.45) is 0 Å². The Kier molecular flexibility index (Phi) is 5.13. The van der Waals surface area contributed by atoms with Gasteiger partial charge in [0, 0.05) is 12.5 Å². The minimum absolute atomic E-state index is 0.657. The van der Waals surface area contributed by atoms with E-state index in [1.54, 1.807) is 0 Å². The topological polar surface area (TPSA) is 54.2 Å². The maximum Gasteiger partial charge on any atom is 0.226 e. The SMILES string of the molecule is CCCc1nc(CN(CC)C2CCNCC2)no1. The molecule has 2 heterocycles. The van der Waals surface area contributed by atoms with Crippen LogP contribution in [0, 0.1) is 0 Å². The molecular weight excluding hydrogens is 228 g/mol. The molecule has 0 aromatic carbocycles. The Morgan fingerprint density at radius 3 is 2.78 bits per heavy atom. The summed E-state index contributed by atoms with van der Waals surface area (Å²) in [6.45, 7) is 8.42. The number of nitrogens with zero attached hydrogens (tertiary/aromatic N) is 3. The third-order valence-electron chi connectivity index (χ3n) is 3.55. The van der Waals surface area contributed by atoms with Crippen LogP contribution in [0.3, 0.4) is 0 Å². The Hall–Kier alpha value is -0.940. The van der Waals surface area contributed by atoms with Gasteiger partial charge in [-0.1, -0.05) is 19.0 Å². The van der Waals surface area contributed by atoms with Gasteiger partial charge in [-0.25, -0.2) is 0 Å². The summed E-state index contributed by atoms with van der Waals surface area (Å²) >= 11 is 0. The highest BCUT2D eigenvalue weighted by Gasteiger charge is 2.21. The zero-order valence-electron chi connectivity index (χ0n) is 11.5. The summed E-state index contributed by atoms with van der Waals surface area (Å²) in [7, 11) is 0. The third-order valence-corrected chi connectivity index (χ3v) is 3.55. The van der Waals surface area contributed by atoms with Crippen LogP contribution in [-0.2, 0) is 13.0 Å². The highest BCUT2D eigenvalue weighted by atomic mass is 16.5. The smallest absolute Gasteiger partial charge is 0.226 e. The van der Waals surface area contributed by atoms with Gasteiger partial charge in [0.25, 0.3) is 0 Å². The van der Waals surface area contributed by atoms with Gasteiger partial charge in [-0.3, -0.25) is 4.90 Å². The number of aromatic nitrogens is 2. The molecular formula is C13H24N4O. The number of aryl methyl sites for hydroxylation is 1. The zero-order valence-corrected chi connectivity index (χ0v) is 11.5. The highest BCUT2D eigenvalue weighted by Crippen LogP contribution is 2.14. The van der Waals surface area contributed by atoms with Crippen LogP contribution in [0.15, 0.2) is 4.52 Å². The fourth-order valence-corrected chi connectivity index (χ4v) is 2.52. The van der Waals surface area contributed by atoms with Gasteiger partial charge in [0.15, 0.2) is 5.82 Å². The first-order chi connectivity index (χ1) is 8.83. The van der Waals surface area contributed by atoms with Crippen LogP contribution in [0.4, 0.5) is 0 Å². The molecule has 0 bridgehead atoms. The Morgan fingerprint density at radius 2 is 2.11 bits per heavy atom. The summed E-state index contributed by atoms with van der Waals surface area (Å²) in [4.78, 5) is 6.91. The number of hydrogen-bond acceptors (Lipinski definition) is 5. The molecule has 0 saturated carbocycles. The average molecular weight is 252 g/mol. The maximum atomic E-state index is 5.24. The first-order valence-electron chi connectivity index (χ1n) is 7.09. The van der Waals surface area contributed by atoms with Gasteiger partial charge in [0.1, 0.15) is 0 Å². The summed E-state index contributed by atoms with van der Waals surface area (Å²) in [5, 5.41) is 7.48. The molecule has 0 radical (unpaired) electrons. The number of hydrogen-bond donors (Lipinski definition) is 1. The van der Waals surface area contributed by atoms with E-state index in [9.17, 15) is 0 Å². The lowest BCUT2D eigenvalue weighted by Crippen LogP contribution is -2.42. The molecule has 1 aromatic rings. The van der Waals surface area contributed by atoms with Crippen LogP contribution < -0.4 is 5.32 Å². The average Bonchev–Trinajstić information content (AvgIpc) is 2.85. The molecule has 5 heteroatoms. The van der Waals surface area contributed by atoms with Crippen LogP contribution in [-0.4, -0.2) is 40.7 Å². The van der Waals surface area contributed by atoms with Crippen molar-refractivity contribution in [2.75, 3.05) is 19.6 Å². The van der Waals surface area contributed by atoms with Gasteiger partial charge in [-0.15, -0.1) is 0 Å². The first kappa shape index (κ1) is 13.5. The normalized spacial score (nSPS) is 17.5. The summed E-state index contributed by atoms with van der Waals surface area (Å²) in [6, 6.07) is 0.657. The van der Waals surface area contributed by atoms with Crippen LogP contribution in [0.25, 0.3) is 0 Å². The fraction of sp³-hybridized carbons (Fsp3) is 0.846. The quantitative estimate of drug-likeness (QED) is 0.833. The molecule has 1 aliphatic heterocycles. The first-order valence-corrected chi connectivity index (χ1v) is 7.09. The van der Waals surface area contributed by atoms with Crippen molar-refractivity contribution < 1.29 is 4.52 Å². The van der Waals surface area contributed by atoms with Crippen LogP contribution in [0.2, 0.25) is 0 Å². The molecule has 102 valence electrons. The Balaban J connectivity index is 1.91. The van der Waals surface area contributed by atoms with Crippen molar-refractivity contribution in [1.82, 2.24) is 20.4 Å². The minimum atomic E-state index is 0.657. The van der Waals surface area contributed by atoms with Gasteiger partial charge >= 0.3 is 0 Å². The molecule has 0 unspecified atom stereocenters. The van der Waals surface area contributed by atoms with Crippen molar-refractivity contribution in [1.29, 1.82) is 0 Å². The number of nitrogens with one attached hydrogen (secondary N) is 1. The lowest BCUT2D eigenvalue weighted by atomic mass is 10.0. The molecule has 0 atom stereocenters. The molecule has 1 N–H and O–H groups in total. The van der Waals surface area contributed by atoms with E-state index in [-0.39, 0.29) is 0 Å². The second kappa shape index (κ2) is 6.85. The van der Waals surface area contributed by atoms with Crippen LogP contribution in [0.1, 0.15) is 44.8 Å². The molecule has 0 spiro atoms. The van der Waals surface area contributed by atoms with Crippen molar-refractivity contribution in [3.05, 3.63) is 11.7 Å². The molecule has 5 nitrogen and oxygen atoms in total. The molecule has 0 amide bonds. The second-order valence-corrected chi connectivity index (χ2v) is 4.90. The van der Waals surface area contributed by atoms with Crippen LogP contribution in [0.5, 0.6) is 0 Å². The third kappa shape index (κ3) is 3.53. The van der Waals surface area contributed by atoms with Gasteiger partial charge in [-0.05, 0) is 38.9 Å². The molecule has 1 fully saturated rings. The van der Waals surface area contributed by atoms with Gasteiger partial charge in [-0.2, -0.15) is 4.98 Å². The summed E-state index contributed by atoms with van der Waals surface area (Å²) < 4.78 is 5.24. The highest BCUT2D eigenvalue weighted by molar-refractivity contribution is 4.88. The fourth-order valence-electron chi connectivity index (χ4n) is 2.52. The predicted octanol–water partition coefficient (Wildman–Crippen LogP) is 1.60. The molecule has 0 aliphatic carbocycles. The Bertz CT molecular complexity index is 347. The Morgan fingerprint density at radius 1 is 1.33 bits per heavy atom. The van der Waals surface area contributed by atoms with E-state index in [0.717, 1.165) is 50.7 Å². The second-order valence-electron chi connectivity index (χ2n) is 4.90. The van der Waals surface area contributed by atoms with Gasteiger partial charge in [0.2, 0.25) is 5.89 Å². The predicted molar refractivity (Wildman–Crippen MR) is 70.3 cm³/mol. The molecule has 1 aliphatic rings. The molecule has 2 rings (SSSR count). The van der Waals surface area contributed by atoms with Crippen molar-refractivity contribution in [3.63, 3.8) is 0 Å². The van der Waals surface area contributed by atoms with E-state index in [0.29, 0.717) is 6.04 Å².